The fourth-order valence-corrected chi connectivity index (χ4v) is 1.38. The second-order valence-corrected chi connectivity index (χ2v) is 3.42. The lowest BCUT2D eigenvalue weighted by atomic mass is 10.3. The first-order valence-corrected chi connectivity index (χ1v) is 4.75. The number of hydrogen-bond donors (Lipinski definition) is 1. The van der Waals surface area contributed by atoms with Crippen LogP contribution in [-0.2, 0) is 11.2 Å². The maximum absolute atomic E-state index is 12.0. The third-order valence-corrected chi connectivity index (χ3v) is 2.06. The van der Waals surface area contributed by atoms with Gasteiger partial charge in [0.05, 0.1) is 13.2 Å². The minimum absolute atomic E-state index is 0.138. The first-order valence-electron chi connectivity index (χ1n) is 4.75. The van der Waals surface area contributed by atoms with Crippen LogP contribution in [0.25, 0.3) is 0 Å². The van der Waals surface area contributed by atoms with Crippen LogP contribution in [0, 0.1) is 0 Å². The van der Waals surface area contributed by atoms with E-state index in [1.807, 2.05) is 0 Å². The molecule has 16 heavy (non-hydrogen) atoms. The number of hydrogen-bond acceptors (Lipinski definition) is 5. The Morgan fingerprint density at radius 3 is 2.88 bits per heavy atom. The maximum atomic E-state index is 12.0. The second-order valence-electron chi connectivity index (χ2n) is 3.42. The van der Waals surface area contributed by atoms with Gasteiger partial charge in [-0.2, -0.15) is 18.2 Å². The SMILES string of the molecule is FC(F)(F)Cc1noc(C2COCCN2)n1. The molecule has 1 unspecified atom stereocenters. The summed E-state index contributed by atoms with van der Waals surface area (Å²) in [6, 6.07) is -0.316. The molecule has 1 aliphatic rings. The van der Waals surface area contributed by atoms with E-state index in [-0.39, 0.29) is 17.8 Å². The van der Waals surface area contributed by atoms with Gasteiger partial charge in [-0.25, -0.2) is 0 Å². The normalized spacial score (nSPS) is 22.3. The van der Waals surface area contributed by atoms with Crippen molar-refractivity contribution in [3.05, 3.63) is 11.7 Å². The number of aromatic nitrogens is 2. The highest BCUT2D eigenvalue weighted by atomic mass is 19.4. The van der Waals surface area contributed by atoms with Gasteiger partial charge < -0.3 is 14.6 Å². The molecule has 0 radical (unpaired) electrons. The summed E-state index contributed by atoms with van der Waals surface area (Å²) in [7, 11) is 0. The van der Waals surface area contributed by atoms with E-state index in [0.29, 0.717) is 19.8 Å². The van der Waals surface area contributed by atoms with Crippen molar-refractivity contribution < 1.29 is 22.4 Å². The van der Waals surface area contributed by atoms with Gasteiger partial charge in [0.1, 0.15) is 12.5 Å². The van der Waals surface area contributed by atoms with E-state index in [9.17, 15) is 13.2 Å². The molecule has 1 aromatic rings. The van der Waals surface area contributed by atoms with Crippen LogP contribution in [0.3, 0.4) is 0 Å². The summed E-state index contributed by atoms with van der Waals surface area (Å²) in [5, 5.41) is 6.28. The Morgan fingerprint density at radius 2 is 2.25 bits per heavy atom. The molecule has 0 aromatic carbocycles. The van der Waals surface area contributed by atoms with E-state index in [1.54, 1.807) is 0 Å². The highest BCUT2D eigenvalue weighted by Crippen LogP contribution is 2.21. The van der Waals surface area contributed by atoms with Crippen molar-refractivity contribution in [1.29, 1.82) is 0 Å². The summed E-state index contributed by atoms with van der Waals surface area (Å²) in [4.78, 5) is 3.68. The van der Waals surface area contributed by atoms with E-state index in [0.717, 1.165) is 0 Å². The Labute approximate surface area is 89.0 Å². The highest BCUT2D eigenvalue weighted by molar-refractivity contribution is 4.95. The number of rotatable bonds is 2. The first-order chi connectivity index (χ1) is 7.54. The Kier molecular flexibility index (Phi) is 3.10. The van der Waals surface area contributed by atoms with E-state index < -0.39 is 12.6 Å². The van der Waals surface area contributed by atoms with Crippen molar-refractivity contribution in [3.8, 4) is 0 Å². The predicted octanol–water partition coefficient (Wildman–Crippen LogP) is 0.835. The van der Waals surface area contributed by atoms with Crippen molar-refractivity contribution >= 4 is 0 Å². The van der Waals surface area contributed by atoms with Crippen LogP contribution >= 0.6 is 0 Å². The number of nitrogens with one attached hydrogen (secondary N) is 1. The molecule has 5 nitrogen and oxygen atoms in total. The molecule has 2 rings (SSSR count). The largest absolute Gasteiger partial charge is 0.396 e. The highest BCUT2D eigenvalue weighted by Gasteiger charge is 2.31. The Morgan fingerprint density at radius 1 is 1.44 bits per heavy atom. The molecule has 1 saturated heterocycles. The van der Waals surface area contributed by atoms with Crippen LogP contribution in [0.4, 0.5) is 13.2 Å². The number of ether oxygens (including phenoxy) is 1. The summed E-state index contributed by atoms with van der Waals surface area (Å²) >= 11 is 0. The van der Waals surface area contributed by atoms with E-state index >= 15 is 0 Å². The van der Waals surface area contributed by atoms with Gasteiger partial charge in [-0.05, 0) is 0 Å². The lowest BCUT2D eigenvalue weighted by molar-refractivity contribution is -0.128. The summed E-state index contributed by atoms with van der Waals surface area (Å²) in [5.74, 6) is -0.214. The molecule has 0 amide bonds. The molecule has 1 N–H and O–H groups in total. The summed E-state index contributed by atoms with van der Waals surface area (Å²) < 4.78 is 46.0. The first kappa shape index (κ1) is 11.3. The van der Waals surface area contributed by atoms with Crippen LogP contribution < -0.4 is 5.32 Å². The molecule has 0 bridgehead atoms. The molecule has 1 fully saturated rings. The third kappa shape index (κ3) is 2.92. The van der Waals surface area contributed by atoms with Crippen LogP contribution in [0.15, 0.2) is 4.52 Å². The summed E-state index contributed by atoms with van der Waals surface area (Å²) in [6.45, 7) is 1.51. The van der Waals surface area contributed by atoms with Crippen LogP contribution in [-0.4, -0.2) is 36.1 Å². The average molecular weight is 237 g/mol. The topological polar surface area (TPSA) is 60.2 Å². The molecule has 90 valence electrons. The van der Waals surface area contributed by atoms with Gasteiger partial charge in [0, 0.05) is 6.54 Å². The van der Waals surface area contributed by atoms with Gasteiger partial charge in [0.2, 0.25) is 5.89 Å². The molecule has 1 aromatic heterocycles. The van der Waals surface area contributed by atoms with Crippen molar-refractivity contribution in [2.75, 3.05) is 19.8 Å². The Balaban J connectivity index is 2.01. The van der Waals surface area contributed by atoms with Gasteiger partial charge in [0.25, 0.3) is 0 Å². The van der Waals surface area contributed by atoms with Crippen molar-refractivity contribution in [1.82, 2.24) is 15.5 Å². The minimum atomic E-state index is -4.32. The molecule has 0 spiro atoms. The van der Waals surface area contributed by atoms with Crippen LogP contribution in [0.5, 0.6) is 0 Å². The van der Waals surface area contributed by atoms with E-state index in [2.05, 4.69) is 15.5 Å². The summed E-state index contributed by atoms with van der Waals surface area (Å²) in [6.07, 6.45) is -5.50. The maximum Gasteiger partial charge on any atom is 0.396 e. The second kappa shape index (κ2) is 4.38. The lowest BCUT2D eigenvalue weighted by Crippen LogP contribution is -2.34. The molecule has 1 aliphatic heterocycles. The van der Waals surface area contributed by atoms with Crippen LogP contribution in [0.2, 0.25) is 0 Å². The average Bonchev–Trinajstić information content (AvgIpc) is 2.65. The lowest BCUT2D eigenvalue weighted by Gasteiger charge is -2.20. The fourth-order valence-electron chi connectivity index (χ4n) is 1.38. The Bertz CT molecular complexity index is 347. The minimum Gasteiger partial charge on any atom is -0.378 e. The number of morpholine rings is 1. The zero-order chi connectivity index (χ0) is 11.6. The van der Waals surface area contributed by atoms with Crippen molar-refractivity contribution in [2.45, 2.75) is 18.6 Å². The van der Waals surface area contributed by atoms with Gasteiger partial charge in [-0.15, -0.1) is 0 Å². The molecule has 0 saturated carbocycles. The van der Waals surface area contributed by atoms with Gasteiger partial charge in [-0.1, -0.05) is 5.16 Å². The van der Waals surface area contributed by atoms with Gasteiger partial charge in [0.15, 0.2) is 5.82 Å². The van der Waals surface area contributed by atoms with Crippen molar-refractivity contribution in [2.24, 2.45) is 0 Å². The Hall–Kier alpha value is -1.15. The van der Waals surface area contributed by atoms with E-state index in [1.165, 1.54) is 0 Å². The smallest absolute Gasteiger partial charge is 0.378 e. The fraction of sp³-hybridized carbons (Fsp3) is 0.750. The van der Waals surface area contributed by atoms with Gasteiger partial charge >= 0.3 is 6.18 Å². The molecule has 2 heterocycles. The predicted molar refractivity (Wildman–Crippen MR) is 45.6 cm³/mol. The van der Waals surface area contributed by atoms with E-state index in [4.69, 9.17) is 9.26 Å². The standard InChI is InChI=1S/C8H10F3N3O2/c9-8(10,11)3-6-13-7(16-14-6)5-4-15-2-1-12-5/h5,12H,1-4H2. The number of nitrogens with zero attached hydrogens (tertiary/aromatic N) is 2. The molecule has 1 atom stereocenters. The number of alkyl halides is 3. The monoisotopic (exact) mass is 237 g/mol. The summed E-state index contributed by atoms with van der Waals surface area (Å²) in [5.41, 5.74) is 0. The molecule has 0 aliphatic carbocycles. The van der Waals surface area contributed by atoms with Gasteiger partial charge in [-0.3, -0.25) is 0 Å². The zero-order valence-corrected chi connectivity index (χ0v) is 8.25. The number of halogens is 3. The molecule has 8 heteroatoms. The quantitative estimate of drug-likeness (QED) is 0.825. The molecular weight excluding hydrogens is 227 g/mol. The van der Waals surface area contributed by atoms with Crippen molar-refractivity contribution in [3.63, 3.8) is 0 Å². The van der Waals surface area contributed by atoms with Crippen LogP contribution in [0.1, 0.15) is 17.8 Å². The third-order valence-electron chi connectivity index (χ3n) is 2.06. The zero-order valence-electron chi connectivity index (χ0n) is 8.25. The molecular formula is C8H10F3N3O2.